The molecule has 1 N–H and O–H groups in total. The Morgan fingerprint density at radius 1 is 1.32 bits per heavy atom. The lowest BCUT2D eigenvalue weighted by molar-refractivity contribution is -0.128. The van der Waals surface area contributed by atoms with Gasteiger partial charge in [0.1, 0.15) is 0 Å². The zero-order valence-electron chi connectivity index (χ0n) is 12.9. The molecule has 0 unspecified atom stereocenters. The smallest absolute Gasteiger partial charge is 0.293 e. The maximum atomic E-state index is 12.1. The SMILES string of the molecule is CCOC=O.O=C(CN1CCCC1)c1ccc2[nH]ccc2c1. The molecule has 1 aliphatic rings. The number of benzene rings is 1. The first-order chi connectivity index (χ1) is 10.7. The van der Waals surface area contributed by atoms with Crippen LogP contribution in [0.5, 0.6) is 0 Å². The van der Waals surface area contributed by atoms with E-state index in [0.29, 0.717) is 19.6 Å². The first kappa shape index (κ1) is 16.2. The lowest BCUT2D eigenvalue weighted by Crippen LogP contribution is -2.26. The Balaban J connectivity index is 0.000000309. The second kappa shape index (κ2) is 8.34. The molecule has 3 rings (SSSR count). The molecule has 1 aromatic carbocycles. The van der Waals surface area contributed by atoms with Crippen molar-refractivity contribution in [1.82, 2.24) is 9.88 Å². The number of likely N-dealkylation sites (tertiary alicyclic amines) is 1. The number of ketones is 1. The molecule has 5 heteroatoms. The van der Waals surface area contributed by atoms with Gasteiger partial charge in [0.2, 0.25) is 0 Å². The second-order valence-electron chi connectivity index (χ2n) is 5.24. The normalized spacial score (nSPS) is 14.4. The fourth-order valence-corrected chi connectivity index (χ4v) is 2.53. The van der Waals surface area contributed by atoms with Gasteiger partial charge in [-0.2, -0.15) is 0 Å². The summed E-state index contributed by atoms with van der Waals surface area (Å²) in [6.45, 7) is 5.37. The highest BCUT2D eigenvalue weighted by Gasteiger charge is 2.16. The summed E-state index contributed by atoms with van der Waals surface area (Å²) in [6, 6.07) is 7.87. The summed E-state index contributed by atoms with van der Waals surface area (Å²) in [7, 11) is 0. The summed E-state index contributed by atoms with van der Waals surface area (Å²) in [4.78, 5) is 26.7. The van der Waals surface area contributed by atoms with E-state index in [9.17, 15) is 9.59 Å². The van der Waals surface area contributed by atoms with Crippen molar-refractivity contribution in [2.45, 2.75) is 19.8 Å². The third-order valence-corrected chi connectivity index (χ3v) is 3.68. The monoisotopic (exact) mass is 302 g/mol. The van der Waals surface area contributed by atoms with Crippen LogP contribution in [0, 0.1) is 0 Å². The molecule has 0 aliphatic carbocycles. The molecule has 2 heterocycles. The molecule has 22 heavy (non-hydrogen) atoms. The first-order valence-corrected chi connectivity index (χ1v) is 7.62. The number of Topliss-reactive ketones (excluding diaryl/α,β-unsaturated/α-hetero) is 1. The molecule has 0 bridgehead atoms. The number of aromatic amines is 1. The third kappa shape index (κ3) is 4.43. The molecule has 1 aliphatic heterocycles. The van der Waals surface area contributed by atoms with E-state index in [1.54, 1.807) is 6.92 Å². The highest BCUT2D eigenvalue weighted by molar-refractivity contribution is 6.00. The van der Waals surface area contributed by atoms with E-state index in [-0.39, 0.29) is 5.78 Å². The highest BCUT2D eigenvalue weighted by atomic mass is 16.5. The van der Waals surface area contributed by atoms with E-state index in [2.05, 4.69) is 14.6 Å². The topological polar surface area (TPSA) is 62.4 Å². The molecule has 1 aromatic heterocycles. The van der Waals surface area contributed by atoms with E-state index in [0.717, 1.165) is 29.6 Å². The summed E-state index contributed by atoms with van der Waals surface area (Å²) in [6.07, 6.45) is 4.35. The molecule has 0 radical (unpaired) electrons. The molecular weight excluding hydrogens is 280 g/mol. The van der Waals surface area contributed by atoms with Gasteiger partial charge >= 0.3 is 0 Å². The van der Waals surface area contributed by atoms with Crippen molar-refractivity contribution in [2.75, 3.05) is 26.2 Å². The molecule has 0 spiro atoms. The van der Waals surface area contributed by atoms with Crippen LogP contribution >= 0.6 is 0 Å². The van der Waals surface area contributed by atoms with Crippen LogP contribution in [0.15, 0.2) is 30.5 Å². The van der Waals surface area contributed by atoms with Crippen LogP contribution < -0.4 is 0 Å². The average Bonchev–Trinajstić information content (AvgIpc) is 3.18. The van der Waals surface area contributed by atoms with Crippen LogP contribution in [0.2, 0.25) is 0 Å². The minimum Gasteiger partial charge on any atom is -0.468 e. The number of aromatic nitrogens is 1. The van der Waals surface area contributed by atoms with Gasteiger partial charge in [-0.05, 0) is 57.1 Å². The Kier molecular flexibility index (Phi) is 6.15. The average molecular weight is 302 g/mol. The molecule has 0 atom stereocenters. The van der Waals surface area contributed by atoms with Gasteiger partial charge in [-0.1, -0.05) is 0 Å². The Bertz CT molecular complexity index is 615. The number of ether oxygens (including phenoxy) is 1. The van der Waals surface area contributed by atoms with Gasteiger partial charge in [0.25, 0.3) is 6.47 Å². The third-order valence-electron chi connectivity index (χ3n) is 3.68. The van der Waals surface area contributed by atoms with Gasteiger partial charge in [-0.25, -0.2) is 0 Å². The predicted molar refractivity (Wildman–Crippen MR) is 86.0 cm³/mol. The molecule has 118 valence electrons. The number of nitrogens with one attached hydrogen (secondary N) is 1. The van der Waals surface area contributed by atoms with Crippen molar-refractivity contribution in [2.24, 2.45) is 0 Å². The summed E-state index contributed by atoms with van der Waals surface area (Å²) in [5, 5.41) is 1.11. The van der Waals surface area contributed by atoms with Crippen molar-refractivity contribution >= 4 is 23.2 Å². The maximum Gasteiger partial charge on any atom is 0.293 e. The highest BCUT2D eigenvalue weighted by Crippen LogP contribution is 2.16. The summed E-state index contributed by atoms with van der Waals surface area (Å²) in [5.41, 5.74) is 1.91. The van der Waals surface area contributed by atoms with Gasteiger partial charge in [0.05, 0.1) is 13.2 Å². The standard InChI is InChI=1S/C14H16N2O.C3H6O2/c17-14(10-16-7-1-2-8-16)12-3-4-13-11(9-12)5-6-15-13;1-2-5-3-4/h3-6,9,15H,1-2,7-8,10H2;3H,2H2,1H3. The zero-order chi connectivity index (χ0) is 15.8. The zero-order valence-corrected chi connectivity index (χ0v) is 12.9. The lowest BCUT2D eigenvalue weighted by Gasteiger charge is -2.13. The predicted octanol–water partition coefficient (Wildman–Crippen LogP) is 2.63. The fraction of sp³-hybridized carbons (Fsp3) is 0.412. The van der Waals surface area contributed by atoms with Gasteiger partial charge in [0, 0.05) is 22.7 Å². The lowest BCUT2D eigenvalue weighted by atomic mass is 10.1. The fourth-order valence-electron chi connectivity index (χ4n) is 2.53. The van der Waals surface area contributed by atoms with Crippen LogP contribution in [0.3, 0.4) is 0 Å². The van der Waals surface area contributed by atoms with Crippen molar-refractivity contribution in [1.29, 1.82) is 0 Å². The van der Waals surface area contributed by atoms with Crippen LogP contribution in [-0.2, 0) is 9.53 Å². The van der Waals surface area contributed by atoms with Gasteiger partial charge in [-0.3, -0.25) is 14.5 Å². The molecule has 1 saturated heterocycles. The quantitative estimate of drug-likeness (QED) is 0.681. The Hall–Kier alpha value is -2.14. The number of carbonyl (C=O) groups is 2. The summed E-state index contributed by atoms with van der Waals surface area (Å²) >= 11 is 0. The van der Waals surface area contributed by atoms with Crippen LogP contribution in [0.4, 0.5) is 0 Å². The minimum atomic E-state index is 0.231. The molecular formula is C17H22N2O3. The number of nitrogens with zero attached hydrogens (tertiary/aromatic N) is 1. The van der Waals surface area contributed by atoms with Crippen molar-refractivity contribution in [3.63, 3.8) is 0 Å². The van der Waals surface area contributed by atoms with Gasteiger partial charge < -0.3 is 9.72 Å². The van der Waals surface area contributed by atoms with E-state index < -0.39 is 0 Å². The number of carbonyl (C=O) groups excluding carboxylic acids is 2. The van der Waals surface area contributed by atoms with Crippen LogP contribution in [0.25, 0.3) is 10.9 Å². The van der Waals surface area contributed by atoms with Gasteiger partial charge in [-0.15, -0.1) is 0 Å². The number of hydrogen-bond donors (Lipinski definition) is 1. The molecule has 1 fully saturated rings. The molecule has 0 amide bonds. The van der Waals surface area contributed by atoms with Crippen LogP contribution in [-0.4, -0.2) is 48.4 Å². The Labute approximate surface area is 130 Å². The molecule has 2 aromatic rings. The minimum absolute atomic E-state index is 0.231. The summed E-state index contributed by atoms with van der Waals surface area (Å²) < 4.78 is 4.15. The van der Waals surface area contributed by atoms with Crippen molar-refractivity contribution in [3.8, 4) is 0 Å². The maximum absolute atomic E-state index is 12.1. The van der Waals surface area contributed by atoms with E-state index >= 15 is 0 Å². The van der Waals surface area contributed by atoms with Crippen molar-refractivity contribution in [3.05, 3.63) is 36.0 Å². The van der Waals surface area contributed by atoms with E-state index in [4.69, 9.17) is 0 Å². The number of hydrogen-bond acceptors (Lipinski definition) is 4. The van der Waals surface area contributed by atoms with Gasteiger partial charge in [0.15, 0.2) is 5.78 Å². The molecule has 5 nitrogen and oxygen atoms in total. The number of rotatable bonds is 5. The van der Waals surface area contributed by atoms with Crippen molar-refractivity contribution < 1.29 is 14.3 Å². The summed E-state index contributed by atoms with van der Waals surface area (Å²) in [5.74, 6) is 0.231. The second-order valence-corrected chi connectivity index (χ2v) is 5.24. The number of H-pyrrole nitrogens is 1. The van der Waals surface area contributed by atoms with E-state index in [1.807, 2.05) is 30.5 Å². The van der Waals surface area contributed by atoms with E-state index in [1.165, 1.54) is 12.8 Å². The largest absolute Gasteiger partial charge is 0.468 e. The molecule has 0 saturated carbocycles. The Morgan fingerprint density at radius 2 is 2.09 bits per heavy atom. The van der Waals surface area contributed by atoms with Crippen LogP contribution in [0.1, 0.15) is 30.1 Å². The number of fused-ring (bicyclic) bond motifs is 1. The first-order valence-electron chi connectivity index (χ1n) is 7.62. The Morgan fingerprint density at radius 3 is 2.73 bits per heavy atom.